The van der Waals surface area contributed by atoms with Crippen molar-refractivity contribution in [1.29, 1.82) is 0 Å². The van der Waals surface area contributed by atoms with E-state index in [-0.39, 0.29) is 5.75 Å². The van der Waals surface area contributed by atoms with Crippen LogP contribution in [0.25, 0.3) is 10.8 Å². The van der Waals surface area contributed by atoms with Crippen LogP contribution in [-0.4, -0.2) is 10.8 Å². The molecular weight excluding hydrogens is 306 g/mol. The molecule has 0 aliphatic rings. The Balaban J connectivity index is 1.98. The van der Waals surface area contributed by atoms with Gasteiger partial charge in [-0.3, -0.25) is 0 Å². The first-order chi connectivity index (χ1) is 12.3. The highest BCUT2D eigenvalue weighted by atomic mass is 16.3. The summed E-state index contributed by atoms with van der Waals surface area (Å²) in [6, 6.07) is 31.6. The zero-order valence-electron chi connectivity index (χ0n) is 13.6. The van der Waals surface area contributed by atoms with Crippen LogP contribution in [0.5, 0.6) is 5.75 Å². The fourth-order valence-electron chi connectivity index (χ4n) is 2.98. The molecule has 0 spiro atoms. The molecule has 0 saturated carbocycles. The van der Waals surface area contributed by atoms with Crippen molar-refractivity contribution in [3.63, 3.8) is 0 Å². The van der Waals surface area contributed by atoms with Crippen LogP contribution < -0.4 is 0 Å². The van der Waals surface area contributed by atoms with Gasteiger partial charge >= 0.3 is 0 Å². The van der Waals surface area contributed by atoms with Gasteiger partial charge in [-0.25, -0.2) is 4.99 Å². The number of phenolic OH excluding ortho intramolecular Hbond substituents is 1. The molecule has 1 N–H and O–H groups in total. The lowest BCUT2D eigenvalue weighted by Crippen LogP contribution is -2.03. The lowest BCUT2D eigenvalue weighted by Gasteiger charge is -2.10. The van der Waals surface area contributed by atoms with E-state index in [9.17, 15) is 5.11 Å². The van der Waals surface area contributed by atoms with Crippen LogP contribution in [-0.2, 0) is 0 Å². The van der Waals surface area contributed by atoms with Crippen LogP contribution in [0.2, 0.25) is 0 Å². The van der Waals surface area contributed by atoms with E-state index in [0.717, 1.165) is 33.3 Å². The minimum absolute atomic E-state index is 0.227. The Labute approximate surface area is 146 Å². The zero-order valence-corrected chi connectivity index (χ0v) is 13.6. The molecule has 0 radical (unpaired) electrons. The summed E-state index contributed by atoms with van der Waals surface area (Å²) >= 11 is 0. The quantitative estimate of drug-likeness (QED) is 0.481. The molecule has 0 atom stereocenters. The maximum absolute atomic E-state index is 10.4. The highest BCUT2D eigenvalue weighted by Crippen LogP contribution is 2.29. The van der Waals surface area contributed by atoms with E-state index in [1.807, 2.05) is 72.8 Å². The normalized spacial score (nSPS) is 11.6. The Hall–Kier alpha value is -3.39. The first kappa shape index (κ1) is 15.2. The highest BCUT2D eigenvalue weighted by molar-refractivity contribution is 6.16. The fourth-order valence-corrected chi connectivity index (χ4v) is 2.98. The minimum Gasteiger partial charge on any atom is -0.507 e. The number of phenols is 1. The van der Waals surface area contributed by atoms with Crippen molar-refractivity contribution in [3.05, 3.63) is 108 Å². The summed E-state index contributed by atoms with van der Waals surface area (Å²) in [6.45, 7) is 0. The van der Waals surface area contributed by atoms with Gasteiger partial charge in [-0.2, -0.15) is 0 Å². The molecule has 2 nitrogen and oxygen atoms in total. The number of benzene rings is 4. The van der Waals surface area contributed by atoms with Gasteiger partial charge in [0, 0.05) is 16.5 Å². The third kappa shape index (κ3) is 3.02. The summed E-state index contributed by atoms with van der Waals surface area (Å²) in [5.41, 5.74) is 3.34. The fraction of sp³-hybridized carbons (Fsp3) is 0. The van der Waals surface area contributed by atoms with Crippen molar-refractivity contribution < 1.29 is 5.11 Å². The van der Waals surface area contributed by atoms with Gasteiger partial charge in [0.1, 0.15) is 5.75 Å². The molecule has 4 aromatic carbocycles. The van der Waals surface area contributed by atoms with Gasteiger partial charge in [-0.1, -0.05) is 78.9 Å². The number of nitrogens with zero attached hydrogens (tertiary/aromatic N) is 1. The topological polar surface area (TPSA) is 32.6 Å². The number of aliphatic imine (C=N–C) groups is 1. The Morgan fingerprint density at radius 3 is 2.16 bits per heavy atom. The second-order valence-corrected chi connectivity index (χ2v) is 5.84. The minimum atomic E-state index is 0.227. The predicted octanol–water partition coefficient (Wildman–Crippen LogP) is 5.71. The molecule has 2 heteroatoms. The zero-order chi connectivity index (χ0) is 17.1. The Morgan fingerprint density at radius 1 is 0.640 bits per heavy atom. The summed E-state index contributed by atoms with van der Waals surface area (Å²) < 4.78 is 0. The average molecular weight is 323 g/mol. The second-order valence-electron chi connectivity index (χ2n) is 5.84. The molecule has 25 heavy (non-hydrogen) atoms. The van der Waals surface area contributed by atoms with E-state index >= 15 is 0 Å². The van der Waals surface area contributed by atoms with Crippen LogP contribution in [0.15, 0.2) is 102 Å². The van der Waals surface area contributed by atoms with Gasteiger partial charge in [0.15, 0.2) is 0 Å². The molecule has 0 aliphatic carbocycles. The van der Waals surface area contributed by atoms with Crippen molar-refractivity contribution in [3.8, 4) is 5.75 Å². The van der Waals surface area contributed by atoms with Gasteiger partial charge in [0.05, 0.1) is 11.4 Å². The van der Waals surface area contributed by atoms with Crippen LogP contribution in [0.4, 0.5) is 5.69 Å². The van der Waals surface area contributed by atoms with Gasteiger partial charge < -0.3 is 5.11 Å². The van der Waals surface area contributed by atoms with Gasteiger partial charge in [0.25, 0.3) is 0 Å². The molecule has 0 unspecified atom stereocenters. The van der Waals surface area contributed by atoms with E-state index in [4.69, 9.17) is 4.99 Å². The van der Waals surface area contributed by atoms with E-state index < -0.39 is 0 Å². The number of aromatic hydroxyl groups is 1. The van der Waals surface area contributed by atoms with Crippen LogP contribution in [0, 0.1) is 0 Å². The first-order valence-corrected chi connectivity index (χ1v) is 8.23. The number of rotatable bonds is 3. The standard InChI is InChI=1S/C23H17NO/c25-22-16-7-6-14-20(22)23(18-10-2-1-3-11-18)24-21-15-8-12-17-9-4-5-13-19(17)21/h1-16,25H. The molecule has 4 rings (SSSR count). The van der Waals surface area contributed by atoms with E-state index in [2.05, 4.69) is 18.2 Å². The molecule has 0 bridgehead atoms. The summed E-state index contributed by atoms with van der Waals surface area (Å²) in [5, 5.41) is 12.6. The van der Waals surface area contributed by atoms with Crippen molar-refractivity contribution in [2.45, 2.75) is 0 Å². The van der Waals surface area contributed by atoms with Gasteiger partial charge in [0.2, 0.25) is 0 Å². The number of para-hydroxylation sites is 1. The Kier molecular flexibility index (Phi) is 4.01. The van der Waals surface area contributed by atoms with Crippen molar-refractivity contribution in [2.75, 3.05) is 0 Å². The van der Waals surface area contributed by atoms with Crippen molar-refractivity contribution in [1.82, 2.24) is 0 Å². The third-order valence-electron chi connectivity index (χ3n) is 4.21. The van der Waals surface area contributed by atoms with Gasteiger partial charge in [-0.05, 0) is 23.6 Å². The molecule has 0 fully saturated rings. The molecule has 0 amide bonds. The average Bonchev–Trinajstić information content (AvgIpc) is 2.68. The first-order valence-electron chi connectivity index (χ1n) is 8.23. The van der Waals surface area contributed by atoms with Gasteiger partial charge in [-0.15, -0.1) is 0 Å². The number of fused-ring (bicyclic) bond motifs is 1. The van der Waals surface area contributed by atoms with Crippen LogP contribution >= 0.6 is 0 Å². The molecule has 0 heterocycles. The van der Waals surface area contributed by atoms with E-state index in [1.54, 1.807) is 6.07 Å². The predicted molar refractivity (Wildman–Crippen MR) is 104 cm³/mol. The molecule has 0 aromatic heterocycles. The van der Waals surface area contributed by atoms with E-state index in [0.29, 0.717) is 0 Å². The smallest absolute Gasteiger partial charge is 0.124 e. The molecule has 120 valence electrons. The summed E-state index contributed by atoms with van der Waals surface area (Å²) in [4.78, 5) is 4.94. The summed E-state index contributed by atoms with van der Waals surface area (Å²) in [5.74, 6) is 0.227. The lowest BCUT2D eigenvalue weighted by molar-refractivity contribution is 0.474. The summed E-state index contributed by atoms with van der Waals surface area (Å²) in [6.07, 6.45) is 0. The lowest BCUT2D eigenvalue weighted by atomic mass is 10.0. The third-order valence-corrected chi connectivity index (χ3v) is 4.21. The molecular formula is C23H17NO. The van der Waals surface area contributed by atoms with Crippen LogP contribution in [0.1, 0.15) is 11.1 Å². The summed E-state index contributed by atoms with van der Waals surface area (Å²) in [7, 11) is 0. The maximum atomic E-state index is 10.4. The van der Waals surface area contributed by atoms with Crippen molar-refractivity contribution >= 4 is 22.2 Å². The maximum Gasteiger partial charge on any atom is 0.124 e. The largest absolute Gasteiger partial charge is 0.507 e. The molecule has 0 aliphatic heterocycles. The second kappa shape index (κ2) is 6.62. The number of hydrogen-bond acceptors (Lipinski definition) is 2. The monoisotopic (exact) mass is 323 g/mol. The highest BCUT2D eigenvalue weighted by Gasteiger charge is 2.12. The Morgan fingerprint density at radius 2 is 1.32 bits per heavy atom. The Bertz CT molecular complexity index is 1050. The van der Waals surface area contributed by atoms with Crippen molar-refractivity contribution in [2.24, 2.45) is 4.99 Å². The number of hydrogen-bond donors (Lipinski definition) is 1. The molecule has 4 aromatic rings. The van der Waals surface area contributed by atoms with E-state index in [1.165, 1.54) is 0 Å². The van der Waals surface area contributed by atoms with Crippen LogP contribution in [0.3, 0.4) is 0 Å². The SMILES string of the molecule is Oc1ccccc1C(=Nc1cccc2ccccc12)c1ccccc1. The molecule has 0 saturated heterocycles.